The molecule has 0 aliphatic heterocycles. The fourth-order valence-corrected chi connectivity index (χ4v) is 1.15. The maximum absolute atomic E-state index is 5.64. The molecule has 1 rings (SSSR count). The molecule has 0 saturated heterocycles. The molecule has 16 heavy (non-hydrogen) atoms. The van der Waals surface area contributed by atoms with Gasteiger partial charge in [-0.3, -0.25) is 0 Å². The van der Waals surface area contributed by atoms with Gasteiger partial charge < -0.3 is 15.2 Å². The molecule has 5 heteroatoms. The van der Waals surface area contributed by atoms with Crippen LogP contribution in [0.5, 0.6) is 11.9 Å². The van der Waals surface area contributed by atoms with Crippen molar-refractivity contribution in [3.63, 3.8) is 0 Å². The van der Waals surface area contributed by atoms with Crippen LogP contribution >= 0.6 is 0 Å². The van der Waals surface area contributed by atoms with Crippen LogP contribution < -0.4 is 15.2 Å². The lowest BCUT2D eigenvalue weighted by atomic mass is 10.2. The van der Waals surface area contributed by atoms with Gasteiger partial charge in [-0.2, -0.15) is 4.98 Å². The molecule has 1 unspecified atom stereocenters. The van der Waals surface area contributed by atoms with Gasteiger partial charge in [0, 0.05) is 12.2 Å². The first-order valence-corrected chi connectivity index (χ1v) is 5.04. The summed E-state index contributed by atoms with van der Waals surface area (Å²) in [4.78, 5) is 8.08. The molecule has 0 aromatic carbocycles. The van der Waals surface area contributed by atoms with Crippen LogP contribution in [0.4, 0.5) is 0 Å². The maximum Gasteiger partial charge on any atom is 0.319 e. The normalized spacial score (nSPS) is 12.8. The van der Waals surface area contributed by atoms with Crippen molar-refractivity contribution in [2.24, 2.45) is 5.73 Å². The van der Waals surface area contributed by atoms with Crippen molar-refractivity contribution in [1.82, 2.24) is 9.97 Å². The third-order valence-electron chi connectivity index (χ3n) is 1.94. The fraction of sp³-hybridized carbons (Fsp3) is 0.455. The summed E-state index contributed by atoms with van der Waals surface area (Å²) in [5, 5.41) is 0. The molecular weight excluding hydrogens is 206 g/mol. The van der Waals surface area contributed by atoms with Gasteiger partial charge in [0.2, 0.25) is 5.88 Å². The molecule has 1 aromatic heterocycles. The van der Waals surface area contributed by atoms with E-state index in [1.54, 1.807) is 13.3 Å². The smallest absolute Gasteiger partial charge is 0.319 e. The summed E-state index contributed by atoms with van der Waals surface area (Å²) in [6, 6.07) is 0.433. The number of nitrogens with two attached hydrogens (primary N) is 1. The van der Waals surface area contributed by atoms with E-state index in [-0.39, 0.29) is 6.04 Å². The summed E-state index contributed by atoms with van der Waals surface area (Å²) in [6.07, 6.45) is 6.32. The van der Waals surface area contributed by atoms with Crippen LogP contribution in [0.3, 0.4) is 0 Å². The summed E-state index contributed by atoms with van der Waals surface area (Å²) in [6.45, 7) is 1.95. The predicted octanol–water partition coefficient (Wildman–Crippen LogP) is 1.24. The van der Waals surface area contributed by atoms with E-state index in [0.717, 1.165) is 12.0 Å². The molecule has 0 aliphatic rings. The first kappa shape index (κ1) is 12.4. The number of hydrogen-bond donors (Lipinski definition) is 1. The topological polar surface area (TPSA) is 70.3 Å². The molecule has 0 fully saturated rings. The van der Waals surface area contributed by atoms with Crippen LogP contribution in [0.25, 0.3) is 6.08 Å². The first-order chi connectivity index (χ1) is 7.67. The summed E-state index contributed by atoms with van der Waals surface area (Å²) in [5.74, 6) is 0.493. The minimum absolute atomic E-state index is 0.140. The Morgan fingerprint density at radius 3 is 2.75 bits per heavy atom. The van der Waals surface area contributed by atoms with Gasteiger partial charge in [-0.1, -0.05) is 12.2 Å². The zero-order valence-electron chi connectivity index (χ0n) is 9.80. The highest BCUT2D eigenvalue weighted by Gasteiger charge is 2.04. The lowest BCUT2D eigenvalue weighted by molar-refractivity contribution is 0.351. The average molecular weight is 223 g/mol. The highest BCUT2D eigenvalue weighted by Crippen LogP contribution is 2.18. The highest BCUT2D eigenvalue weighted by atomic mass is 16.5. The van der Waals surface area contributed by atoms with Crippen LogP contribution in [-0.2, 0) is 0 Å². The zero-order valence-corrected chi connectivity index (χ0v) is 9.80. The molecule has 0 aliphatic carbocycles. The van der Waals surface area contributed by atoms with Gasteiger partial charge in [0.05, 0.1) is 19.8 Å². The van der Waals surface area contributed by atoms with Crippen LogP contribution in [0, 0.1) is 0 Å². The SMILES string of the molecule is COc1ncc(/C=C/CC(C)N)c(OC)n1. The van der Waals surface area contributed by atoms with Gasteiger partial charge in [0.15, 0.2) is 0 Å². The largest absolute Gasteiger partial charge is 0.480 e. The van der Waals surface area contributed by atoms with E-state index in [0.29, 0.717) is 11.9 Å². The van der Waals surface area contributed by atoms with Crippen molar-refractivity contribution in [1.29, 1.82) is 0 Å². The fourth-order valence-electron chi connectivity index (χ4n) is 1.15. The molecule has 88 valence electrons. The monoisotopic (exact) mass is 223 g/mol. The summed E-state index contributed by atoms with van der Waals surface area (Å²) < 4.78 is 10.0. The van der Waals surface area contributed by atoms with Gasteiger partial charge in [-0.25, -0.2) is 4.98 Å². The Bertz CT molecular complexity index is 364. The van der Waals surface area contributed by atoms with E-state index >= 15 is 0 Å². The van der Waals surface area contributed by atoms with Crippen molar-refractivity contribution >= 4 is 6.08 Å². The lowest BCUT2D eigenvalue weighted by Gasteiger charge is -2.05. The Balaban J connectivity index is 2.83. The van der Waals surface area contributed by atoms with E-state index < -0.39 is 0 Å². The molecule has 0 saturated carbocycles. The van der Waals surface area contributed by atoms with Gasteiger partial charge in [-0.15, -0.1) is 0 Å². The molecule has 0 amide bonds. The number of aromatic nitrogens is 2. The molecule has 1 heterocycles. The second kappa shape index (κ2) is 6.07. The summed E-state index contributed by atoms with van der Waals surface area (Å²) in [7, 11) is 3.07. The second-order valence-electron chi connectivity index (χ2n) is 3.44. The number of rotatable bonds is 5. The zero-order chi connectivity index (χ0) is 12.0. The summed E-state index contributed by atoms with van der Waals surface area (Å²) in [5.41, 5.74) is 6.45. The Morgan fingerprint density at radius 2 is 2.19 bits per heavy atom. The Hall–Kier alpha value is -1.62. The van der Waals surface area contributed by atoms with Crippen molar-refractivity contribution in [2.75, 3.05) is 14.2 Å². The van der Waals surface area contributed by atoms with Gasteiger partial charge >= 0.3 is 6.01 Å². The number of ether oxygens (including phenoxy) is 2. The third-order valence-corrected chi connectivity index (χ3v) is 1.94. The minimum Gasteiger partial charge on any atom is -0.480 e. The van der Waals surface area contributed by atoms with Crippen LogP contribution in [0.1, 0.15) is 18.9 Å². The van der Waals surface area contributed by atoms with Crippen LogP contribution in [0.2, 0.25) is 0 Å². The second-order valence-corrected chi connectivity index (χ2v) is 3.44. The van der Waals surface area contributed by atoms with Gasteiger partial charge in [-0.05, 0) is 13.3 Å². The van der Waals surface area contributed by atoms with Crippen LogP contribution in [-0.4, -0.2) is 30.2 Å². The van der Waals surface area contributed by atoms with E-state index in [2.05, 4.69) is 9.97 Å². The molecule has 0 spiro atoms. The Labute approximate surface area is 95.3 Å². The Morgan fingerprint density at radius 1 is 1.44 bits per heavy atom. The van der Waals surface area contributed by atoms with Crippen LogP contribution in [0.15, 0.2) is 12.3 Å². The third kappa shape index (κ3) is 3.51. The average Bonchev–Trinajstić information content (AvgIpc) is 2.29. The standard InChI is InChI=1S/C11H17N3O2/c1-8(12)5-4-6-9-7-13-11(16-3)14-10(9)15-2/h4,6-8H,5,12H2,1-3H3/b6-4+. The molecule has 5 nitrogen and oxygen atoms in total. The number of nitrogens with zero attached hydrogens (tertiary/aromatic N) is 2. The Kier molecular flexibility index (Phi) is 4.72. The van der Waals surface area contributed by atoms with E-state index in [1.165, 1.54) is 7.11 Å². The van der Waals surface area contributed by atoms with E-state index in [9.17, 15) is 0 Å². The van der Waals surface area contributed by atoms with E-state index in [1.807, 2.05) is 19.1 Å². The number of hydrogen-bond acceptors (Lipinski definition) is 5. The van der Waals surface area contributed by atoms with E-state index in [4.69, 9.17) is 15.2 Å². The highest BCUT2D eigenvalue weighted by molar-refractivity contribution is 5.53. The quantitative estimate of drug-likeness (QED) is 0.813. The lowest BCUT2D eigenvalue weighted by Crippen LogP contribution is -2.12. The molecule has 0 radical (unpaired) electrons. The predicted molar refractivity (Wildman–Crippen MR) is 62.4 cm³/mol. The molecule has 1 aromatic rings. The molecule has 0 bridgehead atoms. The summed E-state index contributed by atoms with van der Waals surface area (Å²) >= 11 is 0. The molecule has 1 atom stereocenters. The van der Waals surface area contributed by atoms with Crippen molar-refractivity contribution in [3.8, 4) is 11.9 Å². The molecule has 2 N–H and O–H groups in total. The molecular formula is C11H17N3O2. The number of methoxy groups -OCH3 is 2. The maximum atomic E-state index is 5.64. The minimum atomic E-state index is 0.140. The van der Waals surface area contributed by atoms with Gasteiger partial charge in [0.1, 0.15) is 0 Å². The van der Waals surface area contributed by atoms with Gasteiger partial charge in [0.25, 0.3) is 0 Å². The first-order valence-electron chi connectivity index (χ1n) is 5.04. The van der Waals surface area contributed by atoms with Crippen molar-refractivity contribution in [2.45, 2.75) is 19.4 Å². The van der Waals surface area contributed by atoms with Crippen molar-refractivity contribution < 1.29 is 9.47 Å². The van der Waals surface area contributed by atoms with Crippen molar-refractivity contribution in [3.05, 3.63) is 17.8 Å².